The Morgan fingerprint density at radius 3 is 2.54 bits per heavy atom. The van der Waals surface area contributed by atoms with E-state index in [0.717, 1.165) is 13.1 Å². The van der Waals surface area contributed by atoms with Crippen molar-refractivity contribution in [3.63, 3.8) is 0 Å². The summed E-state index contributed by atoms with van der Waals surface area (Å²) in [5, 5.41) is 3.09. The molecule has 1 unspecified atom stereocenters. The van der Waals surface area contributed by atoms with Crippen molar-refractivity contribution in [2.24, 2.45) is 5.92 Å². The van der Waals surface area contributed by atoms with Crippen LogP contribution in [0.2, 0.25) is 0 Å². The molecular weight excluding hydrogens is 190 g/mol. The van der Waals surface area contributed by atoms with E-state index in [4.69, 9.17) is 4.74 Å². The molecule has 0 aromatic carbocycles. The molecule has 0 bridgehead atoms. The summed E-state index contributed by atoms with van der Waals surface area (Å²) in [4.78, 5) is 0. The van der Waals surface area contributed by atoms with E-state index in [1.54, 1.807) is 0 Å². The van der Waals surface area contributed by atoms with Gasteiger partial charge in [0.1, 0.15) is 9.84 Å². The third-order valence-corrected chi connectivity index (χ3v) is 3.12. The quantitative estimate of drug-likeness (QED) is 0.670. The predicted octanol–water partition coefficient (Wildman–Crippen LogP) is -0.344. The minimum Gasteiger partial charge on any atom is -0.375 e. The molecule has 1 rings (SSSR count). The first-order chi connectivity index (χ1) is 5.97. The molecule has 5 heteroatoms. The molecule has 0 spiro atoms. The summed E-state index contributed by atoms with van der Waals surface area (Å²) in [6.45, 7) is 4.23. The Morgan fingerprint density at radius 2 is 2.15 bits per heavy atom. The van der Waals surface area contributed by atoms with Crippen LogP contribution in [-0.4, -0.2) is 46.2 Å². The molecule has 0 aromatic heterocycles. The zero-order chi connectivity index (χ0) is 9.90. The highest BCUT2D eigenvalue weighted by Gasteiger charge is 2.19. The van der Waals surface area contributed by atoms with E-state index in [1.807, 2.05) is 6.92 Å². The summed E-state index contributed by atoms with van der Waals surface area (Å²) in [5.74, 6) is 0.309. The number of hydrogen-bond donors (Lipinski definition) is 1. The number of rotatable bonds is 5. The minimum absolute atomic E-state index is 0.0931. The van der Waals surface area contributed by atoms with E-state index in [0.29, 0.717) is 12.7 Å². The first-order valence-electron chi connectivity index (χ1n) is 4.47. The third-order valence-electron chi connectivity index (χ3n) is 1.95. The fraction of sp³-hybridized carbons (Fsp3) is 1.00. The van der Waals surface area contributed by atoms with Gasteiger partial charge in [0.05, 0.1) is 18.5 Å². The van der Waals surface area contributed by atoms with E-state index in [1.165, 1.54) is 6.26 Å². The number of sulfone groups is 1. The van der Waals surface area contributed by atoms with E-state index in [2.05, 4.69) is 5.32 Å². The zero-order valence-electron chi connectivity index (χ0n) is 8.12. The molecule has 1 saturated heterocycles. The summed E-state index contributed by atoms with van der Waals surface area (Å²) in [7, 11) is -2.86. The highest BCUT2D eigenvalue weighted by molar-refractivity contribution is 7.90. The van der Waals surface area contributed by atoms with E-state index in [-0.39, 0.29) is 11.7 Å². The highest BCUT2D eigenvalue weighted by atomic mass is 32.2. The molecule has 13 heavy (non-hydrogen) atoms. The first kappa shape index (κ1) is 10.9. The van der Waals surface area contributed by atoms with Crippen molar-refractivity contribution in [2.45, 2.75) is 13.0 Å². The number of hydrogen-bond acceptors (Lipinski definition) is 4. The van der Waals surface area contributed by atoms with Gasteiger partial charge in [-0.3, -0.25) is 0 Å². The summed E-state index contributed by atoms with van der Waals surface area (Å²) in [5.41, 5.74) is 0. The Morgan fingerprint density at radius 1 is 1.54 bits per heavy atom. The van der Waals surface area contributed by atoms with Crippen LogP contribution in [0.3, 0.4) is 0 Å². The van der Waals surface area contributed by atoms with Crippen molar-refractivity contribution in [1.29, 1.82) is 0 Å². The van der Waals surface area contributed by atoms with Gasteiger partial charge in [-0.1, -0.05) is 6.92 Å². The summed E-state index contributed by atoms with van der Waals surface area (Å²) >= 11 is 0. The van der Waals surface area contributed by atoms with E-state index in [9.17, 15) is 8.42 Å². The third kappa shape index (κ3) is 4.59. The average molecular weight is 207 g/mol. The molecule has 0 aromatic rings. The Kier molecular flexibility index (Phi) is 3.70. The zero-order valence-corrected chi connectivity index (χ0v) is 8.93. The molecule has 1 N–H and O–H groups in total. The molecule has 1 atom stereocenters. The largest absolute Gasteiger partial charge is 0.375 e. The molecular formula is C8H17NO3S. The Balaban J connectivity index is 2.13. The summed E-state index contributed by atoms with van der Waals surface area (Å²) in [6, 6.07) is 0. The van der Waals surface area contributed by atoms with Gasteiger partial charge in [0.25, 0.3) is 0 Å². The van der Waals surface area contributed by atoms with Crippen molar-refractivity contribution in [2.75, 3.05) is 31.7 Å². The number of ether oxygens (including phenoxy) is 1. The SMILES string of the molecule is CC(COC1CNC1)CS(C)(=O)=O. The van der Waals surface area contributed by atoms with Gasteiger partial charge in [-0.2, -0.15) is 0 Å². The van der Waals surface area contributed by atoms with Gasteiger partial charge in [0, 0.05) is 19.3 Å². The molecule has 1 aliphatic heterocycles. The molecule has 0 radical (unpaired) electrons. The fourth-order valence-electron chi connectivity index (χ4n) is 1.25. The Bertz CT molecular complexity index is 246. The summed E-state index contributed by atoms with van der Waals surface area (Å²) < 4.78 is 27.3. The maximum Gasteiger partial charge on any atom is 0.147 e. The van der Waals surface area contributed by atoms with E-state index >= 15 is 0 Å². The molecule has 78 valence electrons. The van der Waals surface area contributed by atoms with E-state index < -0.39 is 9.84 Å². The van der Waals surface area contributed by atoms with Crippen LogP contribution in [0, 0.1) is 5.92 Å². The van der Waals surface area contributed by atoms with Crippen LogP contribution >= 0.6 is 0 Å². The monoisotopic (exact) mass is 207 g/mol. The Hall–Kier alpha value is -0.130. The van der Waals surface area contributed by atoms with Crippen molar-refractivity contribution >= 4 is 9.84 Å². The molecule has 0 saturated carbocycles. The Labute approximate surface area is 79.6 Å². The van der Waals surface area contributed by atoms with Crippen molar-refractivity contribution < 1.29 is 13.2 Å². The maximum atomic E-state index is 10.9. The average Bonchev–Trinajstić information content (AvgIpc) is 1.78. The second-order valence-corrected chi connectivity index (χ2v) is 6.00. The molecule has 1 fully saturated rings. The second-order valence-electron chi connectivity index (χ2n) is 3.81. The predicted molar refractivity (Wildman–Crippen MR) is 51.5 cm³/mol. The lowest BCUT2D eigenvalue weighted by Gasteiger charge is -2.28. The van der Waals surface area contributed by atoms with Gasteiger partial charge in [-0.05, 0) is 5.92 Å². The van der Waals surface area contributed by atoms with Crippen molar-refractivity contribution in [3.8, 4) is 0 Å². The van der Waals surface area contributed by atoms with Crippen LogP contribution in [0.4, 0.5) is 0 Å². The van der Waals surface area contributed by atoms with Crippen LogP contribution in [0.5, 0.6) is 0 Å². The minimum atomic E-state index is -2.86. The van der Waals surface area contributed by atoms with Gasteiger partial charge < -0.3 is 10.1 Å². The molecule has 4 nitrogen and oxygen atoms in total. The van der Waals surface area contributed by atoms with Crippen LogP contribution in [0.15, 0.2) is 0 Å². The molecule has 0 amide bonds. The fourth-order valence-corrected chi connectivity index (χ4v) is 2.38. The maximum absolute atomic E-state index is 10.9. The van der Waals surface area contributed by atoms with Crippen LogP contribution in [0.1, 0.15) is 6.92 Å². The topological polar surface area (TPSA) is 55.4 Å². The van der Waals surface area contributed by atoms with Gasteiger partial charge >= 0.3 is 0 Å². The van der Waals surface area contributed by atoms with Crippen molar-refractivity contribution in [1.82, 2.24) is 5.32 Å². The second kappa shape index (κ2) is 4.39. The first-order valence-corrected chi connectivity index (χ1v) is 6.53. The normalized spacial score (nSPS) is 21.1. The van der Waals surface area contributed by atoms with Crippen molar-refractivity contribution in [3.05, 3.63) is 0 Å². The summed E-state index contributed by atoms with van der Waals surface area (Å²) in [6.07, 6.45) is 1.55. The van der Waals surface area contributed by atoms with Crippen LogP contribution in [-0.2, 0) is 14.6 Å². The van der Waals surface area contributed by atoms with Gasteiger partial charge in [-0.25, -0.2) is 8.42 Å². The standard InChI is InChI=1S/C8H17NO3S/c1-7(6-13(2,10)11)5-12-8-3-9-4-8/h7-9H,3-6H2,1-2H3. The highest BCUT2D eigenvalue weighted by Crippen LogP contribution is 2.05. The lowest BCUT2D eigenvalue weighted by atomic mass is 10.2. The van der Waals surface area contributed by atoms with Crippen LogP contribution < -0.4 is 5.32 Å². The lowest BCUT2D eigenvalue weighted by molar-refractivity contribution is 0.00538. The van der Waals surface area contributed by atoms with Gasteiger partial charge in [0.15, 0.2) is 0 Å². The van der Waals surface area contributed by atoms with Crippen LogP contribution in [0.25, 0.3) is 0 Å². The smallest absolute Gasteiger partial charge is 0.147 e. The number of nitrogens with one attached hydrogen (secondary N) is 1. The molecule has 1 aliphatic rings. The molecule has 0 aliphatic carbocycles. The lowest BCUT2D eigenvalue weighted by Crippen LogP contribution is -2.49. The molecule has 1 heterocycles. The van der Waals surface area contributed by atoms with Gasteiger partial charge in [-0.15, -0.1) is 0 Å². The van der Waals surface area contributed by atoms with Gasteiger partial charge in [0.2, 0.25) is 0 Å².